The average Bonchev–Trinajstić information content (AvgIpc) is 2.14. The van der Waals surface area contributed by atoms with Crippen LogP contribution in [-0.4, -0.2) is 6.10 Å². The van der Waals surface area contributed by atoms with E-state index in [2.05, 4.69) is 0 Å². The number of rotatable bonds is 3. The molecule has 1 atom stereocenters. The van der Waals surface area contributed by atoms with E-state index in [4.69, 9.17) is 8.85 Å². The maximum Gasteiger partial charge on any atom is 0.119 e. The van der Waals surface area contributed by atoms with Crippen molar-refractivity contribution in [2.45, 2.75) is 26.3 Å². The molecule has 0 saturated carbocycles. The molecule has 1 unspecified atom stereocenters. The van der Waals surface area contributed by atoms with Crippen molar-refractivity contribution in [2.24, 2.45) is 0 Å². The molecule has 0 aliphatic rings. The molecular weight excluding hydrogens is 136 g/mol. The molecule has 1 nitrogen and oxygen atoms in total. The number of para-hydroxylation sites is 1. The first-order valence-electron chi connectivity index (χ1n) is 5.25. The third kappa shape index (κ3) is 2.62. The molecule has 1 aromatic carbocycles. The lowest BCUT2D eigenvalue weighted by molar-refractivity contribution is 0.217. The fraction of sp³-hybridized carbons (Fsp3) is 0.400. The third-order valence-corrected chi connectivity index (χ3v) is 1.39. The quantitative estimate of drug-likeness (QED) is 0.648. The molecule has 0 aromatic heterocycles. The van der Waals surface area contributed by atoms with Crippen molar-refractivity contribution in [1.29, 1.82) is 0 Å². The summed E-state index contributed by atoms with van der Waals surface area (Å²) in [6.07, 6.45) is -0.240. The predicted molar refractivity (Wildman–Crippen MR) is 46.8 cm³/mol. The molecule has 0 amide bonds. The van der Waals surface area contributed by atoms with Crippen molar-refractivity contribution in [3.63, 3.8) is 0 Å². The van der Waals surface area contributed by atoms with E-state index in [9.17, 15) is 0 Å². The highest BCUT2D eigenvalue weighted by Gasteiger charge is 1.97. The molecule has 60 valence electrons. The lowest BCUT2D eigenvalue weighted by Gasteiger charge is -2.11. The standard InChI is InChI=1S/C10H14O/c1-3-9(2)11-10-7-5-4-6-8-10/h4-9H,3H2,1-2H3/i2D3. The normalized spacial score (nSPS) is 17.7. The summed E-state index contributed by atoms with van der Waals surface area (Å²) in [5.41, 5.74) is 0. The fourth-order valence-corrected chi connectivity index (χ4v) is 0.747. The van der Waals surface area contributed by atoms with Crippen LogP contribution >= 0.6 is 0 Å². The summed E-state index contributed by atoms with van der Waals surface area (Å²) < 4.78 is 27.1. The lowest BCUT2D eigenvalue weighted by Crippen LogP contribution is -2.09. The zero-order valence-corrected chi connectivity index (χ0v) is 6.58. The number of benzene rings is 1. The van der Waals surface area contributed by atoms with Crippen LogP contribution in [0.25, 0.3) is 0 Å². The highest BCUT2D eigenvalue weighted by atomic mass is 16.5. The maximum absolute atomic E-state index is 7.25. The van der Waals surface area contributed by atoms with Crippen LogP contribution in [0.15, 0.2) is 30.3 Å². The smallest absolute Gasteiger partial charge is 0.119 e. The van der Waals surface area contributed by atoms with E-state index in [-0.39, 0.29) is 0 Å². The zero-order chi connectivity index (χ0) is 10.6. The molecule has 1 aromatic rings. The molecule has 1 heteroatoms. The minimum absolute atomic E-state index is 0.478. The number of hydrogen-bond acceptors (Lipinski definition) is 1. The molecule has 0 aliphatic carbocycles. The molecule has 0 saturated heterocycles. The SMILES string of the molecule is [2H]C([2H])([2H])C(CC)Oc1ccccc1. The summed E-state index contributed by atoms with van der Waals surface area (Å²) in [6, 6.07) is 9.02. The van der Waals surface area contributed by atoms with Gasteiger partial charge in [-0.3, -0.25) is 0 Å². The van der Waals surface area contributed by atoms with Crippen molar-refractivity contribution >= 4 is 0 Å². The second-order valence-electron chi connectivity index (χ2n) is 2.33. The molecule has 0 bridgehead atoms. The van der Waals surface area contributed by atoms with E-state index in [1.54, 1.807) is 19.1 Å². The molecular formula is C10H14O. The summed E-state index contributed by atoms with van der Waals surface area (Å²) in [7, 11) is 0. The van der Waals surface area contributed by atoms with E-state index in [1.807, 2.05) is 18.2 Å². The van der Waals surface area contributed by atoms with Crippen molar-refractivity contribution in [2.75, 3.05) is 0 Å². The van der Waals surface area contributed by atoms with E-state index in [0.717, 1.165) is 0 Å². The Balaban J connectivity index is 2.67. The van der Waals surface area contributed by atoms with Crippen LogP contribution in [0.3, 0.4) is 0 Å². The van der Waals surface area contributed by atoms with E-state index >= 15 is 0 Å². The highest BCUT2D eigenvalue weighted by Crippen LogP contribution is 2.11. The Kier molecular flexibility index (Phi) is 1.76. The second-order valence-corrected chi connectivity index (χ2v) is 2.33. The van der Waals surface area contributed by atoms with Gasteiger partial charge in [-0.1, -0.05) is 25.1 Å². The van der Waals surface area contributed by atoms with Gasteiger partial charge in [0.15, 0.2) is 0 Å². The van der Waals surface area contributed by atoms with Gasteiger partial charge in [0, 0.05) is 4.11 Å². The van der Waals surface area contributed by atoms with Gasteiger partial charge in [-0.05, 0) is 25.4 Å². The minimum atomic E-state index is -2.05. The summed E-state index contributed by atoms with van der Waals surface area (Å²) in [4.78, 5) is 0. The summed E-state index contributed by atoms with van der Waals surface area (Å²) in [5, 5.41) is 0. The Bertz CT molecular complexity index is 268. The van der Waals surface area contributed by atoms with Crippen molar-refractivity contribution < 1.29 is 8.85 Å². The Labute approximate surface area is 72.2 Å². The molecule has 11 heavy (non-hydrogen) atoms. The monoisotopic (exact) mass is 153 g/mol. The van der Waals surface area contributed by atoms with Crippen LogP contribution < -0.4 is 4.74 Å². The Morgan fingerprint density at radius 3 is 2.73 bits per heavy atom. The molecule has 0 heterocycles. The Hall–Kier alpha value is -0.980. The van der Waals surface area contributed by atoms with Crippen LogP contribution in [0.4, 0.5) is 0 Å². The highest BCUT2D eigenvalue weighted by molar-refractivity contribution is 5.21. The van der Waals surface area contributed by atoms with Crippen molar-refractivity contribution in [3.05, 3.63) is 30.3 Å². The van der Waals surface area contributed by atoms with Crippen LogP contribution in [0.1, 0.15) is 24.3 Å². The van der Waals surface area contributed by atoms with Gasteiger partial charge >= 0.3 is 0 Å². The minimum Gasteiger partial charge on any atom is -0.491 e. The summed E-state index contributed by atoms with van der Waals surface area (Å²) >= 11 is 0. The first-order valence-corrected chi connectivity index (χ1v) is 3.75. The van der Waals surface area contributed by atoms with E-state index in [1.165, 1.54) is 0 Å². The largest absolute Gasteiger partial charge is 0.491 e. The van der Waals surface area contributed by atoms with Gasteiger partial charge in [-0.2, -0.15) is 0 Å². The maximum atomic E-state index is 7.25. The van der Waals surface area contributed by atoms with Gasteiger partial charge in [-0.25, -0.2) is 0 Å². The third-order valence-electron chi connectivity index (χ3n) is 1.39. The van der Waals surface area contributed by atoms with Crippen LogP contribution in [-0.2, 0) is 0 Å². The lowest BCUT2D eigenvalue weighted by atomic mass is 10.3. The van der Waals surface area contributed by atoms with Crippen molar-refractivity contribution in [1.82, 2.24) is 0 Å². The van der Waals surface area contributed by atoms with Gasteiger partial charge in [0.2, 0.25) is 0 Å². The molecule has 0 radical (unpaired) electrons. The second kappa shape index (κ2) is 4.02. The summed E-state index contributed by atoms with van der Waals surface area (Å²) in [5.74, 6) is 0.607. The fourth-order valence-electron chi connectivity index (χ4n) is 0.747. The van der Waals surface area contributed by atoms with Crippen LogP contribution in [0, 0.1) is 0 Å². The van der Waals surface area contributed by atoms with Crippen LogP contribution in [0.5, 0.6) is 5.75 Å². The number of ether oxygens (including phenoxy) is 1. The van der Waals surface area contributed by atoms with Gasteiger partial charge in [0.25, 0.3) is 0 Å². The van der Waals surface area contributed by atoms with Gasteiger partial charge < -0.3 is 4.74 Å². The first kappa shape index (κ1) is 4.81. The predicted octanol–water partition coefficient (Wildman–Crippen LogP) is 2.86. The Morgan fingerprint density at radius 1 is 1.45 bits per heavy atom. The van der Waals surface area contributed by atoms with E-state index in [0.29, 0.717) is 12.2 Å². The zero-order valence-electron chi connectivity index (χ0n) is 9.58. The summed E-state index contributed by atoms with van der Waals surface area (Å²) in [6.45, 7) is -0.245. The molecule has 0 aliphatic heterocycles. The molecule has 0 spiro atoms. The molecule has 1 rings (SSSR count). The topological polar surface area (TPSA) is 9.23 Å². The Morgan fingerprint density at radius 2 is 2.18 bits per heavy atom. The van der Waals surface area contributed by atoms with Gasteiger partial charge in [-0.15, -0.1) is 0 Å². The van der Waals surface area contributed by atoms with Gasteiger partial charge in [0.1, 0.15) is 5.75 Å². The van der Waals surface area contributed by atoms with Crippen LogP contribution in [0.2, 0.25) is 0 Å². The van der Waals surface area contributed by atoms with E-state index < -0.39 is 13.0 Å². The van der Waals surface area contributed by atoms with Crippen molar-refractivity contribution in [3.8, 4) is 5.75 Å². The molecule has 0 fully saturated rings. The number of hydrogen-bond donors (Lipinski definition) is 0. The molecule has 0 N–H and O–H groups in total. The first-order chi connectivity index (χ1) is 6.54. The van der Waals surface area contributed by atoms with Gasteiger partial charge in [0.05, 0.1) is 6.10 Å². The average molecular weight is 153 g/mol.